The Hall–Kier alpha value is -1.38. The van der Waals surface area contributed by atoms with Gasteiger partial charge >= 0.3 is 0 Å². The molecule has 0 bridgehead atoms. The quantitative estimate of drug-likeness (QED) is 0.730. The molecule has 1 rings (SSSR count). The average molecular weight is 192 g/mol. The van der Waals surface area contributed by atoms with Crippen LogP contribution in [0.15, 0.2) is 24.5 Å². The van der Waals surface area contributed by atoms with Crippen molar-refractivity contribution >= 4 is 5.91 Å². The molecule has 3 nitrogen and oxygen atoms in total. The highest BCUT2D eigenvalue weighted by atomic mass is 16.2. The van der Waals surface area contributed by atoms with Crippen LogP contribution in [0.5, 0.6) is 0 Å². The smallest absolute Gasteiger partial charge is 0.225 e. The maximum atomic E-state index is 11.6. The maximum Gasteiger partial charge on any atom is 0.225 e. The van der Waals surface area contributed by atoms with Crippen LogP contribution in [0.25, 0.3) is 0 Å². The average Bonchev–Trinajstić information content (AvgIpc) is 2.18. The predicted octanol–water partition coefficient (Wildman–Crippen LogP) is 1.70. The fraction of sp³-hybridized carbons (Fsp3) is 0.455. The van der Waals surface area contributed by atoms with Crippen molar-refractivity contribution in [3.8, 4) is 0 Å². The molecule has 76 valence electrons. The van der Waals surface area contributed by atoms with Crippen LogP contribution in [0.4, 0.5) is 0 Å². The molecule has 0 aliphatic carbocycles. The number of amides is 1. The van der Waals surface area contributed by atoms with E-state index in [4.69, 9.17) is 0 Å². The number of nitrogens with zero attached hydrogens (tertiary/aromatic N) is 2. The van der Waals surface area contributed by atoms with Gasteiger partial charge in [-0.05, 0) is 17.7 Å². The predicted molar refractivity (Wildman–Crippen MR) is 55.5 cm³/mol. The number of aromatic nitrogens is 1. The largest absolute Gasteiger partial charge is 0.341 e. The number of carbonyl (C=O) groups excluding carboxylic acids is 1. The molecule has 0 aliphatic rings. The van der Waals surface area contributed by atoms with Crippen molar-refractivity contribution in [3.05, 3.63) is 30.1 Å². The number of hydrogen-bond donors (Lipinski definition) is 0. The molecule has 0 atom stereocenters. The van der Waals surface area contributed by atoms with Gasteiger partial charge in [-0.3, -0.25) is 9.78 Å². The van der Waals surface area contributed by atoms with Gasteiger partial charge < -0.3 is 4.90 Å². The second-order valence-electron chi connectivity index (χ2n) is 3.70. The molecule has 0 aromatic carbocycles. The number of carbonyl (C=O) groups is 1. The SMILES string of the molecule is CC(C)C(=O)N(C)Cc1ccncc1. The van der Waals surface area contributed by atoms with Crippen LogP contribution in [-0.2, 0) is 11.3 Å². The van der Waals surface area contributed by atoms with E-state index in [9.17, 15) is 4.79 Å². The van der Waals surface area contributed by atoms with E-state index in [0.29, 0.717) is 6.54 Å². The summed E-state index contributed by atoms with van der Waals surface area (Å²) in [6, 6.07) is 3.84. The van der Waals surface area contributed by atoms with Gasteiger partial charge in [-0.15, -0.1) is 0 Å². The van der Waals surface area contributed by atoms with Crippen molar-refractivity contribution in [1.82, 2.24) is 9.88 Å². The molecule has 0 saturated heterocycles. The van der Waals surface area contributed by atoms with E-state index < -0.39 is 0 Å². The standard InChI is InChI=1S/C11H16N2O/c1-9(2)11(14)13(3)8-10-4-6-12-7-5-10/h4-7,9H,8H2,1-3H3. The van der Waals surface area contributed by atoms with Gasteiger partial charge in [0.15, 0.2) is 0 Å². The van der Waals surface area contributed by atoms with Crippen molar-refractivity contribution < 1.29 is 4.79 Å². The Bertz CT molecular complexity index is 295. The summed E-state index contributed by atoms with van der Waals surface area (Å²) < 4.78 is 0. The van der Waals surface area contributed by atoms with E-state index >= 15 is 0 Å². The molecule has 14 heavy (non-hydrogen) atoms. The highest BCUT2D eigenvalue weighted by Gasteiger charge is 2.12. The van der Waals surface area contributed by atoms with Crippen molar-refractivity contribution in [1.29, 1.82) is 0 Å². The fourth-order valence-electron chi connectivity index (χ4n) is 1.28. The lowest BCUT2D eigenvalue weighted by Gasteiger charge is -2.19. The molecule has 0 radical (unpaired) electrons. The summed E-state index contributed by atoms with van der Waals surface area (Å²) in [5.74, 6) is 0.226. The molecule has 1 heterocycles. The monoisotopic (exact) mass is 192 g/mol. The minimum atomic E-state index is 0.0573. The van der Waals surface area contributed by atoms with Crippen LogP contribution in [0, 0.1) is 5.92 Å². The summed E-state index contributed by atoms with van der Waals surface area (Å²) in [5.41, 5.74) is 1.11. The van der Waals surface area contributed by atoms with Crippen LogP contribution < -0.4 is 0 Å². The lowest BCUT2D eigenvalue weighted by molar-refractivity contribution is -0.133. The Morgan fingerprint density at radius 1 is 1.43 bits per heavy atom. The molecule has 1 aromatic rings. The Balaban J connectivity index is 2.57. The Kier molecular flexibility index (Phi) is 3.63. The van der Waals surface area contributed by atoms with E-state index in [1.165, 1.54) is 0 Å². The molecular formula is C11H16N2O. The van der Waals surface area contributed by atoms with Gasteiger partial charge in [-0.25, -0.2) is 0 Å². The van der Waals surface area contributed by atoms with Crippen LogP contribution in [0.3, 0.4) is 0 Å². The van der Waals surface area contributed by atoms with Crippen molar-refractivity contribution in [2.24, 2.45) is 5.92 Å². The maximum absolute atomic E-state index is 11.6. The number of hydrogen-bond acceptors (Lipinski definition) is 2. The molecule has 1 amide bonds. The fourth-order valence-corrected chi connectivity index (χ4v) is 1.28. The second-order valence-corrected chi connectivity index (χ2v) is 3.70. The molecule has 0 spiro atoms. The van der Waals surface area contributed by atoms with E-state index in [0.717, 1.165) is 5.56 Å². The van der Waals surface area contributed by atoms with Crippen molar-refractivity contribution in [2.45, 2.75) is 20.4 Å². The highest BCUT2D eigenvalue weighted by Crippen LogP contribution is 2.05. The molecule has 0 fully saturated rings. The van der Waals surface area contributed by atoms with E-state index in [-0.39, 0.29) is 11.8 Å². The van der Waals surface area contributed by atoms with Crippen LogP contribution >= 0.6 is 0 Å². The third kappa shape index (κ3) is 2.83. The van der Waals surface area contributed by atoms with Crippen LogP contribution in [-0.4, -0.2) is 22.8 Å². The molecule has 0 saturated carbocycles. The normalized spacial score (nSPS) is 10.3. The Labute approximate surface area is 84.8 Å². The van der Waals surface area contributed by atoms with Crippen LogP contribution in [0.2, 0.25) is 0 Å². The van der Waals surface area contributed by atoms with Gasteiger partial charge in [0, 0.05) is 31.9 Å². The minimum absolute atomic E-state index is 0.0573. The first-order valence-corrected chi connectivity index (χ1v) is 4.75. The number of pyridine rings is 1. The van der Waals surface area contributed by atoms with E-state index in [1.54, 1.807) is 17.3 Å². The lowest BCUT2D eigenvalue weighted by atomic mass is 10.2. The molecular weight excluding hydrogens is 176 g/mol. The lowest BCUT2D eigenvalue weighted by Crippen LogP contribution is -2.29. The molecule has 0 unspecified atom stereocenters. The summed E-state index contributed by atoms with van der Waals surface area (Å²) in [5, 5.41) is 0. The third-order valence-corrected chi connectivity index (χ3v) is 2.04. The van der Waals surface area contributed by atoms with Gasteiger partial charge in [0.1, 0.15) is 0 Å². The first-order chi connectivity index (χ1) is 6.61. The summed E-state index contributed by atoms with van der Waals surface area (Å²) in [6.45, 7) is 4.47. The summed E-state index contributed by atoms with van der Waals surface area (Å²) >= 11 is 0. The number of rotatable bonds is 3. The van der Waals surface area contributed by atoms with Crippen molar-refractivity contribution in [3.63, 3.8) is 0 Å². The van der Waals surface area contributed by atoms with Crippen molar-refractivity contribution in [2.75, 3.05) is 7.05 Å². The Morgan fingerprint density at radius 3 is 2.50 bits per heavy atom. The molecule has 0 aliphatic heterocycles. The topological polar surface area (TPSA) is 33.2 Å². The van der Waals surface area contributed by atoms with Crippen LogP contribution in [0.1, 0.15) is 19.4 Å². The van der Waals surface area contributed by atoms with Gasteiger partial charge in [0.2, 0.25) is 5.91 Å². The van der Waals surface area contributed by atoms with Gasteiger partial charge in [0.05, 0.1) is 0 Å². The van der Waals surface area contributed by atoms with E-state index in [2.05, 4.69) is 4.98 Å². The van der Waals surface area contributed by atoms with Gasteiger partial charge in [0.25, 0.3) is 0 Å². The molecule has 1 aromatic heterocycles. The third-order valence-electron chi connectivity index (χ3n) is 2.04. The van der Waals surface area contributed by atoms with Gasteiger partial charge in [-0.1, -0.05) is 13.8 Å². The highest BCUT2D eigenvalue weighted by molar-refractivity contribution is 5.77. The second kappa shape index (κ2) is 4.74. The van der Waals surface area contributed by atoms with E-state index in [1.807, 2.05) is 33.0 Å². The summed E-state index contributed by atoms with van der Waals surface area (Å²) in [4.78, 5) is 17.2. The zero-order valence-corrected chi connectivity index (χ0v) is 8.90. The first kappa shape index (κ1) is 10.7. The van der Waals surface area contributed by atoms with Gasteiger partial charge in [-0.2, -0.15) is 0 Å². The first-order valence-electron chi connectivity index (χ1n) is 4.75. The Morgan fingerprint density at radius 2 is 2.00 bits per heavy atom. The zero-order chi connectivity index (χ0) is 10.6. The summed E-state index contributed by atoms with van der Waals surface area (Å²) in [7, 11) is 1.82. The molecule has 0 N–H and O–H groups in total. The zero-order valence-electron chi connectivity index (χ0n) is 8.90. The molecule has 3 heteroatoms. The summed E-state index contributed by atoms with van der Waals surface area (Å²) in [6.07, 6.45) is 3.48. The minimum Gasteiger partial charge on any atom is -0.341 e.